The molecule has 0 atom stereocenters. The summed E-state index contributed by atoms with van der Waals surface area (Å²) in [4.78, 5) is 12.1. The molecule has 9 heteroatoms. The summed E-state index contributed by atoms with van der Waals surface area (Å²) in [5, 5.41) is 27.8. The van der Waals surface area contributed by atoms with E-state index in [1.807, 2.05) is 42.5 Å². The minimum Gasteiger partial charge on any atom is -0.508 e. The van der Waals surface area contributed by atoms with Gasteiger partial charge in [-0.05, 0) is 39.6 Å². The monoisotopic (exact) mass is 404 g/mol. The third-order valence-electron chi connectivity index (χ3n) is 4.04. The van der Waals surface area contributed by atoms with Crippen LogP contribution in [0.5, 0.6) is 5.75 Å². The second-order valence-electron chi connectivity index (χ2n) is 6.05. The number of fused-ring (bicyclic) bond motifs is 1. The van der Waals surface area contributed by atoms with Gasteiger partial charge in [0.15, 0.2) is 0 Å². The van der Waals surface area contributed by atoms with Crippen LogP contribution in [0.2, 0.25) is 0 Å². The number of carbonyl (C=O) groups excluding carboxylic acids is 1. The van der Waals surface area contributed by atoms with Crippen molar-refractivity contribution in [2.45, 2.75) is 5.16 Å². The molecule has 4 rings (SSSR count). The summed E-state index contributed by atoms with van der Waals surface area (Å²) in [6.45, 7) is 0. The highest BCUT2D eigenvalue weighted by Crippen LogP contribution is 2.25. The Morgan fingerprint density at radius 2 is 1.97 bits per heavy atom. The summed E-state index contributed by atoms with van der Waals surface area (Å²) < 4.78 is 1.62. The first-order valence-corrected chi connectivity index (χ1v) is 9.69. The lowest BCUT2D eigenvalue weighted by Crippen LogP contribution is -2.20. The summed E-state index contributed by atoms with van der Waals surface area (Å²) in [5.41, 5.74) is 3.98. The van der Waals surface area contributed by atoms with E-state index >= 15 is 0 Å². The van der Waals surface area contributed by atoms with E-state index in [2.05, 4.69) is 26.1 Å². The van der Waals surface area contributed by atoms with Crippen LogP contribution in [0.4, 0.5) is 0 Å². The first-order valence-electron chi connectivity index (χ1n) is 8.71. The fourth-order valence-corrected chi connectivity index (χ4v) is 3.44. The van der Waals surface area contributed by atoms with Crippen LogP contribution in [0.25, 0.3) is 16.5 Å². The molecule has 0 saturated carbocycles. The average Bonchev–Trinajstić information content (AvgIpc) is 3.20. The van der Waals surface area contributed by atoms with Crippen molar-refractivity contribution in [2.75, 3.05) is 5.75 Å². The molecule has 144 valence electrons. The number of rotatable bonds is 6. The number of thioether (sulfide) groups is 1. The molecule has 29 heavy (non-hydrogen) atoms. The first-order chi connectivity index (χ1) is 14.2. The van der Waals surface area contributed by atoms with Crippen LogP contribution in [0.1, 0.15) is 5.56 Å². The lowest BCUT2D eigenvalue weighted by atomic mass is 10.1. The topological polar surface area (TPSA) is 105 Å². The highest BCUT2D eigenvalue weighted by molar-refractivity contribution is 7.99. The van der Waals surface area contributed by atoms with Gasteiger partial charge in [0, 0.05) is 5.39 Å². The van der Waals surface area contributed by atoms with Gasteiger partial charge in [0.1, 0.15) is 5.75 Å². The van der Waals surface area contributed by atoms with Gasteiger partial charge in [0.25, 0.3) is 5.91 Å². The Balaban J connectivity index is 1.42. The highest BCUT2D eigenvalue weighted by Gasteiger charge is 2.13. The fraction of sp³-hybridized carbons (Fsp3) is 0.0500. The van der Waals surface area contributed by atoms with Crippen LogP contribution < -0.4 is 5.43 Å². The lowest BCUT2D eigenvalue weighted by Gasteiger charge is -2.07. The van der Waals surface area contributed by atoms with Gasteiger partial charge in [-0.3, -0.25) is 4.79 Å². The summed E-state index contributed by atoms with van der Waals surface area (Å²) in [7, 11) is 0. The van der Waals surface area contributed by atoms with Crippen molar-refractivity contribution in [1.29, 1.82) is 0 Å². The number of amides is 1. The number of aromatic hydroxyl groups is 1. The predicted octanol–water partition coefficient (Wildman–Crippen LogP) is 2.76. The molecule has 3 aromatic carbocycles. The van der Waals surface area contributed by atoms with Crippen LogP contribution in [0.3, 0.4) is 0 Å². The Morgan fingerprint density at radius 3 is 2.86 bits per heavy atom. The maximum absolute atomic E-state index is 12.1. The molecule has 0 aliphatic heterocycles. The molecular formula is C20H16N6O2S. The molecule has 8 nitrogen and oxygen atoms in total. The zero-order valence-electron chi connectivity index (χ0n) is 15.1. The van der Waals surface area contributed by atoms with Crippen molar-refractivity contribution in [3.8, 4) is 11.4 Å². The van der Waals surface area contributed by atoms with Crippen LogP contribution in [-0.2, 0) is 4.79 Å². The van der Waals surface area contributed by atoms with Crippen molar-refractivity contribution in [3.05, 3.63) is 72.3 Å². The third-order valence-corrected chi connectivity index (χ3v) is 4.96. The maximum Gasteiger partial charge on any atom is 0.250 e. The molecule has 1 heterocycles. The molecule has 0 fully saturated rings. The van der Waals surface area contributed by atoms with E-state index in [9.17, 15) is 9.90 Å². The summed E-state index contributed by atoms with van der Waals surface area (Å²) in [6, 6.07) is 20.4. The fourth-order valence-electron chi connectivity index (χ4n) is 2.76. The Kier molecular flexibility index (Phi) is 5.48. The number of hydrogen-bond acceptors (Lipinski definition) is 7. The number of nitrogens with one attached hydrogen (secondary N) is 1. The third kappa shape index (κ3) is 4.41. The highest BCUT2D eigenvalue weighted by atomic mass is 32.2. The number of phenolic OH excluding ortho intramolecular Hbond substituents is 1. The number of hydrogen-bond donors (Lipinski definition) is 2. The van der Waals surface area contributed by atoms with Crippen LogP contribution in [-0.4, -0.2) is 43.2 Å². The van der Waals surface area contributed by atoms with E-state index in [4.69, 9.17) is 0 Å². The van der Waals surface area contributed by atoms with Crippen molar-refractivity contribution >= 4 is 34.7 Å². The summed E-state index contributed by atoms with van der Waals surface area (Å²) in [6.07, 6.45) is 1.46. The van der Waals surface area contributed by atoms with E-state index in [0.29, 0.717) is 10.7 Å². The van der Waals surface area contributed by atoms with Crippen molar-refractivity contribution < 1.29 is 9.90 Å². The van der Waals surface area contributed by atoms with Gasteiger partial charge in [-0.25, -0.2) is 5.43 Å². The quantitative estimate of drug-likeness (QED) is 0.291. The van der Waals surface area contributed by atoms with E-state index in [0.717, 1.165) is 16.5 Å². The van der Waals surface area contributed by atoms with Crippen LogP contribution in [0.15, 0.2) is 77.0 Å². The number of benzene rings is 3. The number of aromatic nitrogens is 4. The largest absolute Gasteiger partial charge is 0.508 e. The molecular weight excluding hydrogens is 388 g/mol. The van der Waals surface area contributed by atoms with E-state index < -0.39 is 0 Å². The number of nitrogens with zero attached hydrogens (tertiary/aromatic N) is 5. The van der Waals surface area contributed by atoms with Gasteiger partial charge in [-0.1, -0.05) is 60.3 Å². The smallest absolute Gasteiger partial charge is 0.250 e. The van der Waals surface area contributed by atoms with Gasteiger partial charge < -0.3 is 5.11 Å². The standard InChI is InChI=1S/C20H16N6O2S/c27-16-8-3-5-14(11-16)12-21-22-19(28)13-29-20-23-24-25-26(20)18-10-4-7-15-6-1-2-9-17(15)18/h1-12,27H,13H2,(H,22,28)/b21-12+. The molecule has 1 amide bonds. The zero-order valence-corrected chi connectivity index (χ0v) is 16.0. The number of tetrazole rings is 1. The Hall–Kier alpha value is -3.72. The molecule has 2 N–H and O–H groups in total. The normalized spacial score (nSPS) is 11.2. The molecule has 0 radical (unpaired) electrons. The minimum atomic E-state index is -0.293. The molecule has 0 unspecified atom stereocenters. The van der Waals surface area contributed by atoms with E-state index in [-0.39, 0.29) is 17.4 Å². The van der Waals surface area contributed by atoms with Crippen molar-refractivity contribution in [3.63, 3.8) is 0 Å². The van der Waals surface area contributed by atoms with Gasteiger partial charge in [0.05, 0.1) is 17.7 Å². The lowest BCUT2D eigenvalue weighted by molar-refractivity contribution is -0.118. The average molecular weight is 404 g/mol. The molecule has 0 aliphatic carbocycles. The van der Waals surface area contributed by atoms with E-state index in [1.54, 1.807) is 28.9 Å². The molecule has 4 aromatic rings. The Labute approximate surface area is 170 Å². The molecule has 0 saturated heterocycles. The SMILES string of the molecule is O=C(CSc1nnnn1-c1cccc2ccccc12)N/N=C/c1cccc(O)c1. The van der Waals surface area contributed by atoms with Gasteiger partial charge >= 0.3 is 0 Å². The summed E-state index contributed by atoms with van der Waals surface area (Å²) >= 11 is 1.21. The maximum atomic E-state index is 12.1. The van der Waals surface area contributed by atoms with E-state index in [1.165, 1.54) is 18.0 Å². The van der Waals surface area contributed by atoms with Crippen molar-refractivity contribution in [2.24, 2.45) is 5.10 Å². The van der Waals surface area contributed by atoms with Crippen LogP contribution >= 0.6 is 11.8 Å². The van der Waals surface area contributed by atoms with Crippen LogP contribution in [0, 0.1) is 0 Å². The van der Waals surface area contributed by atoms with Gasteiger partial charge in [0.2, 0.25) is 5.16 Å². The van der Waals surface area contributed by atoms with Gasteiger partial charge in [-0.15, -0.1) is 5.10 Å². The summed E-state index contributed by atoms with van der Waals surface area (Å²) in [5.74, 6) is -0.0577. The molecule has 1 aromatic heterocycles. The molecule has 0 bridgehead atoms. The first kappa shape index (κ1) is 18.6. The number of carbonyl (C=O) groups is 1. The van der Waals surface area contributed by atoms with Crippen molar-refractivity contribution in [1.82, 2.24) is 25.6 Å². The Bertz CT molecular complexity index is 1190. The predicted molar refractivity (Wildman–Crippen MR) is 111 cm³/mol. The Morgan fingerprint density at radius 1 is 1.14 bits per heavy atom. The minimum absolute atomic E-state index is 0.0997. The zero-order chi connectivity index (χ0) is 20.1. The second kappa shape index (κ2) is 8.53. The molecule has 0 aliphatic rings. The molecule has 0 spiro atoms. The van der Waals surface area contributed by atoms with Gasteiger partial charge in [-0.2, -0.15) is 9.78 Å². The second-order valence-corrected chi connectivity index (χ2v) is 6.99. The number of hydrazone groups is 1. The number of phenols is 1.